The number of rotatable bonds is 11. The van der Waals surface area contributed by atoms with E-state index in [2.05, 4.69) is 16.0 Å². The minimum absolute atomic E-state index is 0.0694. The van der Waals surface area contributed by atoms with Gasteiger partial charge in [-0.15, -0.1) is 0 Å². The molecule has 3 N–H and O–H groups in total. The summed E-state index contributed by atoms with van der Waals surface area (Å²) in [5.74, 6) is -0.655. The highest BCUT2D eigenvalue weighted by Gasteiger charge is 2.25. The number of nitro groups is 1. The van der Waals surface area contributed by atoms with Gasteiger partial charge in [0.25, 0.3) is 5.69 Å². The van der Waals surface area contributed by atoms with Gasteiger partial charge in [-0.1, -0.05) is 44.2 Å². The molecule has 0 saturated carbocycles. The van der Waals surface area contributed by atoms with Gasteiger partial charge in [0, 0.05) is 25.4 Å². The van der Waals surface area contributed by atoms with Gasteiger partial charge in [-0.3, -0.25) is 14.9 Å². The van der Waals surface area contributed by atoms with Crippen LogP contribution in [0.15, 0.2) is 53.4 Å². The SMILES string of the molecule is CC(C)[C@H](NC(=O)OCc1ccccc1)C(=O)NCCNc1ccc(S(C)(=O)=O)cc1[N+](=O)[O-]. The summed E-state index contributed by atoms with van der Waals surface area (Å²) in [6.45, 7) is 3.85. The molecule has 0 saturated heterocycles. The third-order valence-corrected chi connectivity index (χ3v) is 5.88. The zero-order valence-corrected chi connectivity index (χ0v) is 19.9. The predicted molar refractivity (Wildman–Crippen MR) is 126 cm³/mol. The quantitative estimate of drug-likeness (QED) is 0.245. The molecule has 0 aromatic heterocycles. The van der Waals surface area contributed by atoms with Crippen LogP contribution in [0.25, 0.3) is 0 Å². The topological polar surface area (TPSA) is 157 Å². The Bertz CT molecular complexity index is 1120. The Labute approximate surface area is 198 Å². The molecule has 0 aliphatic carbocycles. The number of nitrogens with one attached hydrogen (secondary N) is 3. The second kappa shape index (κ2) is 12.0. The Morgan fingerprint density at radius 1 is 1.09 bits per heavy atom. The van der Waals surface area contributed by atoms with E-state index in [4.69, 9.17) is 4.74 Å². The molecule has 0 unspecified atom stereocenters. The van der Waals surface area contributed by atoms with Gasteiger partial charge in [-0.05, 0) is 23.6 Å². The number of hydrogen-bond acceptors (Lipinski definition) is 8. The molecule has 2 aromatic carbocycles. The Morgan fingerprint density at radius 2 is 1.76 bits per heavy atom. The fourth-order valence-electron chi connectivity index (χ4n) is 2.96. The van der Waals surface area contributed by atoms with Crippen molar-refractivity contribution in [1.82, 2.24) is 10.6 Å². The molecule has 1 atom stereocenters. The number of anilines is 1. The summed E-state index contributed by atoms with van der Waals surface area (Å²) < 4.78 is 28.4. The van der Waals surface area contributed by atoms with E-state index < -0.39 is 38.5 Å². The summed E-state index contributed by atoms with van der Waals surface area (Å²) in [6.07, 6.45) is 0.239. The van der Waals surface area contributed by atoms with E-state index in [1.165, 1.54) is 12.1 Å². The second-order valence-corrected chi connectivity index (χ2v) is 9.87. The van der Waals surface area contributed by atoms with Crippen molar-refractivity contribution < 1.29 is 27.7 Å². The van der Waals surface area contributed by atoms with Crippen LogP contribution in [0, 0.1) is 16.0 Å². The van der Waals surface area contributed by atoms with Gasteiger partial charge in [0.15, 0.2) is 9.84 Å². The third-order valence-electron chi connectivity index (χ3n) is 4.77. The van der Waals surface area contributed by atoms with Crippen molar-refractivity contribution in [3.63, 3.8) is 0 Å². The molecule has 0 aliphatic heterocycles. The van der Waals surface area contributed by atoms with Gasteiger partial charge in [0.1, 0.15) is 18.3 Å². The molecule has 184 valence electrons. The normalized spacial score (nSPS) is 12.0. The Kier molecular flexibility index (Phi) is 9.36. The van der Waals surface area contributed by atoms with Gasteiger partial charge in [-0.2, -0.15) is 0 Å². The lowest BCUT2D eigenvalue weighted by Crippen LogP contribution is -2.50. The summed E-state index contributed by atoms with van der Waals surface area (Å²) >= 11 is 0. The maximum Gasteiger partial charge on any atom is 0.408 e. The second-order valence-electron chi connectivity index (χ2n) is 7.85. The van der Waals surface area contributed by atoms with E-state index >= 15 is 0 Å². The first kappa shape index (κ1) is 26.6. The van der Waals surface area contributed by atoms with Crippen LogP contribution in [0.1, 0.15) is 19.4 Å². The highest BCUT2D eigenvalue weighted by Crippen LogP contribution is 2.27. The number of ether oxygens (including phenoxy) is 1. The molecule has 0 bridgehead atoms. The van der Waals surface area contributed by atoms with Crippen molar-refractivity contribution in [3.8, 4) is 0 Å². The monoisotopic (exact) mass is 492 g/mol. The zero-order chi connectivity index (χ0) is 25.3. The summed E-state index contributed by atoms with van der Waals surface area (Å²) in [5.41, 5.74) is 0.541. The molecule has 34 heavy (non-hydrogen) atoms. The molecule has 0 heterocycles. The van der Waals surface area contributed by atoms with Gasteiger partial charge >= 0.3 is 6.09 Å². The van der Waals surface area contributed by atoms with Crippen molar-refractivity contribution in [1.29, 1.82) is 0 Å². The van der Waals surface area contributed by atoms with E-state index in [-0.39, 0.29) is 36.2 Å². The molecule has 2 amide bonds. The number of nitro benzene ring substituents is 1. The summed E-state index contributed by atoms with van der Waals surface area (Å²) in [5, 5.41) is 19.3. The molecule has 0 aliphatic rings. The van der Waals surface area contributed by atoms with E-state index in [9.17, 15) is 28.1 Å². The average molecular weight is 493 g/mol. The lowest BCUT2D eigenvalue weighted by molar-refractivity contribution is -0.384. The zero-order valence-electron chi connectivity index (χ0n) is 19.1. The number of hydrogen-bond donors (Lipinski definition) is 3. The molecule has 11 nitrogen and oxygen atoms in total. The van der Waals surface area contributed by atoms with Crippen LogP contribution in [-0.2, 0) is 26.0 Å². The molecule has 12 heteroatoms. The molecule has 0 fully saturated rings. The summed E-state index contributed by atoms with van der Waals surface area (Å²) in [7, 11) is -3.59. The van der Waals surface area contributed by atoms with Gasteiger partial charge in [0.2, 0.25) is 5.91 Å². The summed E-state index contributed by atoms with van der Waals surface area (Å²) in [4.78, 5) is 35.1. The van der Waals surface area contributed by atoms with Gasteiger partial charge in [0.05, 0.1) is 9.82 Å². The van der Waals surface area contributed by atoms with Crippen molar-refractivity contribution >= 4 is 33.2 Å². The standard InChI is InChI=1S/C22H28N4O7S/c1-15(2)20(25-22(28)33-14-16-7-5-4-6-8-16)21(27)24-12-11-23-18-10-9-17(34(3,31)32)13-19(18)26(29)30/h4-10,13,15,20,23H,11-12,14H2,1-3H3,(H,24,27)(H,25,28)/t20-/m0/s1. The number of nitrogens with zero attached hydrogens (tertiary/aromatic N) is 1. The fraction of sp³-hybridized carbons (Fsp3) is 0.364. The minimum Gasteiger partial charge on any atom is -0.445 e. The van der Waals surface area contributed by atoms with Crippen molar-refractivity contribution in [2.45, 2.75) is 31.4 Å². The fourth-order valence-corrected chi connectivity index (χ4v) is 3.60. The van der Waals surface area contributed by atoms with Crippen LogP contribution >= 0.6 is 0 Å². The van der Waals surface area contributed by atoms with Crippen molar-refractivity contribution in [2.24, 2.45) is 5.92 Å². The summed E-state index contributed by atoms with van der Waals surface area (Å²) in [6, 6.07) is 11.8. The highest BCUT2D eigenvalue weighted by molar-refractivity contribution is 7.90. The van der Waals surface area contributed by atoms with Crippen molar-refractivity contribution in [3.05, 3.63) is 64.2 Å². The van der Waals surface area contributed by atoms with Gasteiger partial charge in [-0.25, -0.2) is 13.2 Å². The van der Waals surface area contributed by atoms with E-state index in [1.807, 2.05) is 30.3 Å². The number of carbonyl (C=O) groups excluding carboxylic acids is 2. The third kappa shape index (κ3) is 8.03. The molecular weight excluding hydrogens is 464 g/mol. The Morgan fingerprint density at radius 3 is 2.35 bits per heavy atom. The van der Waals surface area contributed by atoms with Crippen LogP contribution in [0.3, 0.4) is 0 Å². The molecule has 0 spiro atoms. The lowest BCUT2D eigenvalue weighted by atomic mass is 10.0. The largest absolute Gasteiger partial charge is 0.445 e. The first-order valence-electron chi connectivity index (χ1n) is 10.5. The number of benzene rings is 2. The number of sulfone groups is 1. The minimum atomic E-state index is -3.59. The van der Waals surface area contributed by atoms with Crippen LogP contribution in [0.2, 0.25) is 0 Å². The first-order valence-corrected chi connectivity index (χ1v) is 12.4. The van der Waals surface area contributed by atoms with E-state index in [1.54, 1.807) is 13.8 Å². The predicted octanol–water partition coefficient (Wildman–Crippen LogP) is 2.48. The van der Waals surface area contributed by atoms with Gasteiger partial charge < -0.3 is 20.7 Å². The van der Waals surface area contributed by atoms with Crippen LogP contribution in [0.4, 0.5) is 16.2 Å². The lowest BCUT2D eigenvalue weighted by Gasteiger charge is -2.21. The van der Waals surface area contributed by atoms with Crippen LogP contribution in [-0.4, -0.2) is 50.7 Å². The Hall–Kier alpha value is -3.67. The molecule has 0 radical (unpaired) electrons. The number of alkyl carbamates (subject to hydrolysis) is 1. The molecular formula is C22H28N4O7S. The number of carbonyl (C=O) groups is 2. The smallest absolute Gasteiger partial charge is 0.408 e. The van der Waals surface area contributed by atoms with Crippen LogP contribution in [0.5, 0.6) is 0 Å². The first-order chi connectivity index (χ1) is 16.0. The Balaban J connectivity index is 1.88. The van der Waals surface area contributed by atoms with E-state index in [0.29, 0.717) is 0 Å². The molecule has 2 aromatic rings. The maximum atomic E-state index is 12.6. The van der Waals surface area contributed by atoms with Crippen molar-refractivity contribution in [2.75, 3.05) is 24.7 Å². The highest BCUT2D eigenvalue weighted by atomic mass is 32.2. The number of amides is 2. The maximum absolute atomic E-state index is 12.6. The van der Waals surface area contributed by atoms with E-state index in [0.717, 1.165) is 17.9 Å². The van der Waals surface area contributed by atoms with Crippen LogP contribution < -0.4 is 16.0 Å². The molecule has 2 rings (SSSR count). The average Bonchev–Trinajstić information content (AvgIpc) is 2.78.